The van der Waals surface area contributed by atoms with E-state index >= 15 is 0 Å². The molecule has 0 aliphatic carbocycles. The number of hydrogen-bond donors (Lipinski definition) is 1. The average molecular weight is 304 g/mol. The van der Waals surface area contributed by atoms with Crippen LogP contribution < -0.4 is 4.90 Å². The van der Waals surface area contributed by atoms with E-state index in [1.54, 1.807) is 25.8 Å². The van der Waals surface area contributed by atoms with Gasteiger partial charge in [0.25, 0.3) is 0 Å². The third-order valence-corrected chi connectivity index (χ3v) is 2.64. The Labute approximate surface area is 108 Å². The van der Waals surface area contributed by atoms with Gasteiger partial charge in [-0.25, -0.2) is 0 Å². The fraction of sp³-hybridized carbons (Fsp3) is 0.500. The molecule has 94 valence electrons. The fourth-order valence-corrected chi connectivity index (χ4v) is 2.21. The van der Waals surface area contributed by atoms with Crippen molar-refractivity contribution in [1.82, 2.24) is 4.98 Å². The van der Waals surface area contributed by atoms with Crippen LogP contribution in [0.2, 0.25) is 0 Å². The van der Waals surface area contributed by atoms with Gasteiger partial charge >= 0.3 is 5.69 Å². The minimum absolute atomic E-state index is 0.0916. The molecule has 0 unspecified atom stereocenters. The van der Waals surface area contributed by atoms with Gasteiger partial charge in [-0.3, -0.25) is 15.1 Å². The predicted molar refractivity (Wildman–Crippen MR) is 68.2 cm³/mol. The second-order valence-corrected chi connectivity index (χ2v) is 5.27. The van der Waals surface area contributed by atoms with Crippen molar-refractivity contribution in [2.45, 2.75) is 19.4 Å². The molecule has 0 aliphatic rings. The Hall–Kier alpha value is -1.21. The molecule has 7 heteroatoms. The lowest BCUT2D eigenvalue weighted by atomic mass is 10.1. The molecular weight excluding hydrogens is 290 g/mol. The van der Waals surface area contributed by atoms with Gasteiger partial charge in [0, 0.05) is 19.8 Å². The highest BCUT2D eigenvalue weighted by molar-refractivity contribution is 9.10. The first-order valence-corrected chi connectivity index (χ1v) is 5.73. The van der Waals surface area contributed by atoms with E-state index in [1.807, 2.05) is 0 Å². The molecule has 1 N–H and O–H groups in total. The van der Waals surface area contributed by atoms with Gasteiger partial charge in [0.1, 0.15) is 11.9 Å². The third kappa shape index (κ3) is 3.64. The van der Waals surface area contributed by atoms with Crippen molar-refractivity contribution in [3.05, 3.63) is 27.0 Å². The predicted octanol–water partition coefficient (Wildman–Crippen LogP) is 1.96. The summed E-state index contributed by atoms with van der Waals surface area (Å²) >= 11 is 3.23. The van der Waals surface area contributed by atoms with Crippen LogP contribution in [0, 0.1) is 10.1 Å². The molecule has 0 fully saturated rings. The van der Waals surface area contributed by atoms with E-state index < -0.39 is 10.5 Å². The van der Waals surface area contributed by atoms with E-state index in [0.717, 1.165) is 0 Å². The summed E-state index contributed by atoms with van der Waals surface area (Å²) in [5.41, 5.74) is -0.621. The topological polar surface area (TPSA) is 79.5 Å². The van der Waals surface area contributed by atoms with Gasteiger partial charge in [-0.1, -0.05) is 0 Å². The summed E-state index contributed by atoms with van der Waals surface area (Å²) in [6.07, 6.45) is 2.68. The van der Waals surface area contributed by atoms with E-state index in [4.69, 9.17) is 0 Å². The summed E-state index contributed by atoms with van der Waals surface area (Å²) < 4.78 is 0.526. The lowest BCUT2D eigenvalue weighted by Gasteiger charge is -2.27. The second kappa shape index (κ2) is 4.97. The number of rotatable bonds is 4. The first-order chi connectivity index (χ1) is 7.72. The molecule has 0 radical (unpaired) electrons. The standard InChI is InChI=1S/C10H14BrN3O3/c1-10(2,15)6-13(3)9-7(11)4-12-5-8(9)14(16)17/h4-5,15H,6H2,1-3H3. The van der Waals surface area contributed by atoms with Crippen LogP contribution in [0.5, 0.6) is 0 Å². The molecular formula is C10H14BrN3O3. The van der Waals surface area contributed by atoms with E-state index in [1.165, 1.54) is 12.4 Å². The highest BCUT2D eigenvalue weighted by Crippen LogP contribution is 2.34. The van der Waals surface area contributed by atoms with Gasteiger partial charge < -0.3 is 10.0 Å². The maximum absolute atomic E-state index is 10.9. The molecule has 0 bridgehead atoms. The highest BCUT2D eigenvalue weighted by atomic mass is 79.9. The zero-order valence-corrected chi connectivity index (χ0v) is 11.4. The van der Waals surface area contributed by atoms with Gasteiger partial charge in [0.2, 0.25) is 0 Å². The molecule has 0 saturated carbocycles. The zero-order chi connectivity index (χ0) is 13.2. The lowest BCUT2D eigenvalue weighted by molar-refractivity contribution is -0.384. The van der Waals surface area contributed by atoms with Crippen LogP contribution in [0.1, 0.15) is 13.8 Å². The summed E-state index contributed by atoms with van der Waals surface area (Å²) in [6, 6.07) is 0. The second-order valence-electron chi connectivity index (χ2n) is 4.41. The van der Waals surface area contributed by atoms with Gasteiger partial charge in [-0.05, 0) is 29.8 Å². The molecule has 0 amide bonds. The van der Waals surface area contributed by atoms with E-state index in [9.17, 15) is 15.2 Å². The smallest absolute Gasteiger partial charge is 0.311 e. The lowest BCUT2D eigenvalue weighted by Crippen LogP contribution is -2.36. The van der Waals surface area contributed by atoms with Crippen molar-refractivity contribution in [3.63, 3.8) is 0 Å². The van der Waals surface area contributed by atoms with Crippen LogP contribution in [0.4, 0.5) is 11.4 Å². The molecule has 0 spiro atoms. The summed E-state index contributed by atoms with van der Waals surface area (Å²) in [5, 5.41) is 20.6. The Morgan fingerprint density at radius 1 is 1.59 bits per heavy atom. The normalized spacial score (nSPS) is 11.4. The van der Waals surface area contributed by atoms with Crippen LogP contribution in [0.3, 0.4) is 0 Å². The van der Waals surface area contributed by atoms with Crippen molar-refractivity contribution in [2.24, 2.45) is 0 Å². The van der Waals surface area contributed by atoms with E-state index in [2.05, 4.69) is 20.9 Å². The minimum atomic E-state index is -0.939. The van der Waals surface area contributed by atoms with Crippen LogP contribution in [0.25, 0.3) is 0 Å². The number of aliphatic hydroxyl groups is 1. The fourth-order valence-electron chi connectivity index (χ4n) is 1.59. The Balaban J connectivity index is 3.16. The van der Waals surface area contributed by atoms with Crippen molar-refractivity contribution < 1.29 is 10.0 Å². The third-order valence-electron chi connectivity index (χ3n) is 2.06. The molecule has 0 saturated heterocycles. The molecule has 0 aliphatic heterocycles. The molecule has 1 rings (SSSR count). The van der Waals surface area contributed by atoms with Crippen molar-refractivity contribution in [1.29, 1.82) is 0 Å². The summed E-state index contributed by atoms with van der Waals surface area (Å²) in [6.45, 7) is 3.56. The average Bonchev–Trinajstić information content (AvgIpc) is 2.13. The number of halogens is 1. The number of nitro groups is 1. The number of pyridine rings is 1. The first kappa shape index (κ1) is 13.9. The van der Waals surface area contributed by atoms with Crippen LogP contribution in [-0.4, -0.2) is 34.2 Å². The quantitative estimate of drug-likeness (QED) is 0.679. The van der Waals surface area contributed by atoms with Gasteiger partial charge in [0.15, 0.2) is 0 Å². The van der Waals surface area contributed by atoms with Crippen molar-refractivity contribution >= 4 is 27.3 Å². The molecule has 1 aromatic heterocycles. The van der Waals surface area contributed by atoms with Crippen molar-refractivity contribution in [3.8, 4) is 0 Å². The zero-order valence-electron chi connectivity index (χ0n) is 9.85. The van der Waals surface area contributed by atoms with Crippen LogP contribution in [-0.2, 0) is 0 Å². The number of anilines is 1. The Kier molecular flexibility index (Phi) is 4.05. The monoisotopic (exact) mass is 303 g/mol. The van der Waals surface area contributed by atoms with Gasteiger partial charge in [0.05, 0.1) is 15.0 Å². The number of aromatic nitrogens is 1. The Bertz CT molecular complexity index is 431. The van der Waals surface area contributed by atoms with Crippen LogP contribution >= 0.6 is 15.9 Å². The SMILES string of the molecule is CN(CC(C)(C)O)c1c(Br)cncc1[N+](=O)[O-]. The van der Waals surface area contributed by atoms with E-state index in [-0.39, 0.29) is 12.2 Å². The number of hydrogen-bond acceptors (Lipinski definition) is 5. The molecule has 17 heavy (non-hydrogen) atoms. The largest absolute Gasteiger partial charge is 0.389 e. The molecule has 1 aromatic rings. The van der Waals surface area contributed by atoms with Crippen LogP contribution in [0.15, 0.2) is 16.9 Å². The van der Waals surface area contributed by atoms with E-state index in [0.29, 0.717) is 10.2 Å². The summed E-state index contributed by atoms with van der Waals surface area (Å²) in [7, 11) is 1.69. The molecule has 0 aromatic carbocycles. The minimum Gasteiger partial charge on any atom is -0.389 e. The summed E-state index contributed by atoms with van der Waals surface area (Å²) in [4.78, 5) is 15.8. The van der Waals surface area contributed by atoms with Gasteiger partial charge in [-0.15, -0.1) is 0 Å². The highest BCUT2D eigenvalue weighted by Gasteiger charge is 2.24. The number of likely N-dealkylation sites (N-methyl/N-ethyl adjacent to an activating group) is 1. The van der Waals surface area contributed by atoms with Crippen molar-refractivity contribution in [2.75, 3.05) is 18.5 Å². The number of nitrogens with zero attached hydrogens (tertiary/aromatic N) is 3. The Morgan fingerprint density at radius 3 is 2.65 bits per heavy atom. The maximum Gasteiger partial charge on any atom is 0.311 e. The maximum atomic E-state index is 10.9. The first-order valence-electron chi connectivity index (χ1n) is 4.94. The van der Waals surface area contributed by atoms with Gasteiger partial charge in [-0.2, -0.15) is 0 Å². The Morgan fingerprint density at radius 2 is 2.18 bits per heavy atom. The molecule has 0 atom stereocenters. The molecule has 6 nitrogen and oxygen atoms in total. The molecule has 1 heterocycles. The summed E-state index contributed by atoms with van der Waals surface area (Å²) in [5.74, 6) is 0.